The summed E-state index contributed by atoms with van der Waals surface area (Å²) in [5.41, 5.74) is 0. The highest BCUT2D eigenvalue weighted by Crippen LogP contribution is 2.26. The summed E-state index contributed by atoms with van der Waals surface area (Å²) in [4.78, 5) is 10.9. The smallest absolute Gasteiger partial charge is 0.272 e. The van der Waals surface area contributed by atoms with Gasteiger partial charge in [-0.15, -0.1) is 21.8 Å². The van der Waals surface area contributed by atoms with Gasteiger partial charge < -0.3 is 5.32 Å². The lowest BCUT2D eigenvalue weighted by molar-refractivity contribution is -0.114. The van der Waals surface area contributed by atoms with E-state index < -0.39 is 10.0 Å². The van der Waals surface area contributed by atoms with E-state index in [2.05, 4.69) is 15.5 Å². The Labute approximate surface area is 120 Å². The molecule has 0 atom stereocenters. The third kappa shape index (κ3) is 3.41. The molecule has 1 aromatic heterocycles. The van der Waals surface area contributed by atoms with Gasteiger partial charge in [-0.1, -0.05) is 11.3 Å². The number of nitrogens with one attached hydrogen (secondary N) is 1. The minimum atomic E-state index is -3.63. The van der Waals surface area contributed by atoms with Crippen LogP contribution in [0, 0.1) is 0 Å². The molecule has 0 spiro atoms. The molecule has 0 bridgehead atoms. The number of hydrogen-bond donors (Lipinski definition) is 1. The molecule has 0 aliphatic carbocycles. The summed E-state index contributed by atoms with van der Waals surface area (Å²) in [5.74, 6) is -0.317. The number of halogens is 1. The second-order valence-corrected chi connectivity index (χ2v) is 7.84. The van der Waals surface area contributed by atoms with Gasteiger partial charge in [0.2, 0.25) is 15.4 Å². The van der Waals surface area contributed by atoms with Gasteiger partial charge in [0.1, 0.15) is 0 Å². The highest BCUT2D eigenvalue weighted by molar-refractivity contribution is 7.91. The molecule has 0 aromatic carbocycles. The zero-order valence-electron chi connectivity index (χ0n) is 10.2. The van der Waals surface area contributed by atoms with E-state index in [1.165, 1.54) is 11.2 Å². The topological polar surface area (TPSA) is 92.3 Å². The molecule has 2 rings (SSSR count). The molecule has 7 nitrogen and oxygen atoms in total. The van der Waals surface area contributed by atoms with Crippen molar-refractivity contribution in [3.8, 4) is 0 Å². The van der Waals surface area contributed by atoms with Crippen LogP contribution in [0.25, 0.3) is 0 Å². The van der Waals surface area contributed by atoms with Gasteiger partial charge in [0.15, 0.2) is 0 Å². The molecule has 1 N–H and O–H groups in total. The van der Waals surface area contributed by atoms with Crippen LogP contribution >= 0.6 is 22.9 Å². The van der Waals surface area contributed by atoms with Gasteiger partial charge in [-0.05, 0) is 12.8 Å². The summed E-state index contributed by atoms with van der Waals surface area (Å²) in [6.45, 7) is 2.08. The van der Waals surface area contributed by atoms with E-state index >= 15 is 0 Å². The van der Waals surface area contributed by atoms with Crippen LogP contribution in [0.2, 0.25) is 0 Å². The lowest BCUT2D eigenvalue weighted by Crippen LogP contribution is -2.38. The maximum Gasteiger partial charge on any atom is 0.272 e. The van der Waals surface area contributed by atoms with Gasteiger partial charge >= 0.3 is 0 Å². The van der Waals surface area contributed by atoms with Crippen LogP contribution in [-0.2, 0) is 14.8 Å². The van der Waals surface area contributed by atoms with Crippen molar-refractivity contribution < 1.29 is 13.2 Å². The fourth-order valence-electron chi connectivity index (χ4n) is 1.69. The van der Waals surface area contributed by atoms with Crippen molar-refractivity contribution in [3.63, 3.8) is 0 Å². The van der Waals surface area contributed by atoms with E-state index in [1.54, 1.807) is 0 Å². The summed E-state index contributed by atoms with van der Waals surface area (Å²) in [5, 5.41) is 9.88. The van der Waals surface area contributed by atoms with Crippen molar-refractivity contribution in [1.82, 2.24) is 14.5 Å². The average Bonchev–Trinajstić information content (AvgIpc) is 2.78. The Morgan fingerprint density at radius 1 is 1.42 bits per heavy atom. The molecular formula is C9H13ClN4O3S2. The van der Waals surface area contributed by atoms with Gasteiger partial charge in [0, 0.05) is 25.4 Å². The van der Waals surface area contributed by atoms with Crippen LogP contribution in [0.3, 0.4) is 0 Å². The summed E-state index contributed by atoms with van der Waals surface area (Å²) >= 11 is 6.79. The first-order chi connectivity index (χ1) is 8.89. The summed E-state index contributed by atoms with van der Waals surface area (Å²) in [7, 11) is -3.63. The van der Waals surface area contributed by atoms with Crippen molar-refractivity contribution in [2.24, 2.45) is 0 Å². The monoisotopic (exact) mass is 324 g/mol. The lowest BCUT2D eigenvalue weighted by atomic mass is 10.2. The standard InChI is InChI=1S/C9H13ClN4O3S2/c1-6(15)11-8-12-13-9(18-8)19(16,17)14-4-2-7(10)3-5-14/h7H,2-5H2,1H3,(H,11,12,15). The molecule has 19 heavy (non-hydrogen) atoms. The van der Waals surface area contributed by atoms with Crippen molar-refractivity contribution in [3.05, 3.63) is 0 Å². The third-order valence-corrected chi connectivity index (χ3v) is 6.15. The maximum atomic E-state index is 12.3. The van der Waals surface area contributed by atoms with Crippen LogP contribution in [0.15, 0.2) is 4.34 Å². The number of anilines is 1. The van der Waals surface area contributed by atoms with Gasteiger partial charge in [0.25, 0.3) is 10.0 Å². The highest BCUT2D eigenvalue weighted by Gasteiger charge is 2.31. The Morgan fingerprint density at radius 3 is 2.63 bits per heavy atom. The number of amides is 1. The number of aromatic nitrogens is 2. The first kappa shape index (κ1) is 14.6. The summed E-state index contributed by atoms with van der Waals surface area (Å²) < 4.78 is 25.8. The summed E-state index contributed by atoms with van der Waals surface area (Å²) in [6.07, 6.45) is 1.25. The summed E-state index contributed by atoms with van der Waals surface area (Å²) in [6, 6.07) is 0. The largest absolute Gasteiger partial charge is 0.301 e. The van der Waals surface area contributed by atoms with Gasteiger partial charge in [-0.25, -0.2) is 8.42 Å². The van der Waals surface area contributed by atoms with Crippen molar-refractivity contribution in [2.45, 2.75) is 29.5 Å². The molecule has 1 saturated heterocycles. The van der Waals surface area contributed by atoms with E-state index in [9.17, 15) is 13.2 Å². The molecular weight excluding hydrogens is 312 g/mol. The van der Waals surface area contributed by atoms with E-state index in [0.717, 1.165) is 11.3 Å². The molecule has 0 radical (unpaired) electrons. The van der Waals surface area contributed by atoms with Gasteiger partial charge in [0.05, 0.1) is 0 Å². The predicted molar refractivity (Wildman–Crippen MR) is 71.8 cm³/mol. The zero-order valence-corrected chi connectivity index (χ0v) is 12.6. The van der Waals surface area contributed by atoms with Crippen molar-refractivity contribution in [1.29, 1.82) is 0 Å². The Balaban J connectivity index is 2.15. The number of alkyl halides is 1. The van der Waals surface area contributed by atoms with Crippen LogP contribution in [0.1, 0.15) is 19.8 Å². The molecule has 106 valence electrons. The second kappa shape index (κ2) is 5.70. The van der Waals surface area contributed by atoms with Crippen LogP contribution in [-0.4, -0.2) is 47.3 Å². The fraction of sp³-hybridized carbons (Fsp3) is 0.667. The van der Waals surface area contributed by atoms with Crippen LogP contribution < -0.4 is 5.32 Å². The lowest BCUT2D eigenvalue weighted by Gasteiger charge is -2.27. The quantitative estimate of drug-likeness (QED) is 0.658. The third-order valence-electron chi connectivity index (χ3n) is 2.63. The molecule has 0 unspecified atom stereocenters. The molecule has 1 fully saturated rings. The number of carbonyl (C=O) groups is 1. The SMILES string of the molecule is CC(=O)Nc1nnc(S(=O)(=O)N2CCC(Cl)CC2)s1. The highest BCUT2D eigenvalue weighted by atomic mass is 35.5. The second-order valence-electron chi connectivity index (χ2n) is 4.13. The minimum absolute atomic E-state index is 0.0239. The number of hydrogen-bond acceptors (Lipinski definition) is 6. The van der Waals surface area contributed by atoms with Crippen LogP contribution in [0.4, 0.5) is 5.13 Å². The normalized spacial score (nSPS) is 18.4. The Kier molecular flexibility index (Phi) is 4.39. The zero-order chi connectivity index (χ0) is 14.0. The fourth-order valence-corrected chi connectivity index (χ4v) is 4.44. The maximum absolute atomic E-state index is 12.3. The van der Waals surface area contributed by atoms with E-state index in [0.29, 0.717) is 25.9 Å². The van der Waals surface area contributed by atoms with E-state index in [4.69, 9.17) is 11.6 Å². The average molecular weight is 325 g/mol. The van der Waals surface area contributed by atoms with Gasteiger partial charge in [-0.2, -0.15) is 4.31 Å². The van der Waals surface area contributed by atoms with Gasteiger partial charge in [-0.3, -0.25) is 4.79 Å². The number of sulfonamides is 1. The molecule has 10 heteroatoms. The molecule has 2 heterocycles. The number of rotatable bonds is 3. The molecule has 1 amide bonds. The predicted octanol–water partition coefficient (Wildman–Crippen LogP) is 0.888. The Bertz CT molecular complexity index is 566. The Hall–Kier alpha value is -0.770. The molecule has 1 aromatic rings. The number of carbonyl (C=O) groups excluding carboxylic acids is 1. The van der Waals surface area contributed by atoms with Crippen molar-refractivity contribution >= 4 is 44.0 Å². The van der Waals surface area contributed by atoms with E-state index in [-0.39, 0.29) is 20.8 Å². The minimum Gasteiger partial charge on any atom is -0.301 e. The first-order valence-electron chi connectivity index (χ1n) is 5.65. The van der Waals surface area contributed by atoms with E-state index in [1.807, 2.05) is 0 Å². The molecule has 0 saturated carbocycles. The van der Waals surface area contributed by atoms with Crippen LogP contribution in [0.5, 0.6) is 0 Å². The van der Waals surface area contributed by atoms with Crippen molar-refractivity contribution in [2.75, 3.05) is 18.4 Å². The Morgan fingerprint density at radius 2 is 2.05 bits per heavy atom. The molecule has 1 aliphatic rings. The number of piperidine rings is 1. The number of nitrogens with zero attached hydrogens (tertiary/aromatic N) is 3. The molecule has 1 aliphatic heterocycles. The first-order valence-corrected chi connectivity index (χ1v) is 8.34.